The molecule has 4 heterocycles. The van der Waals surface area contributed by atoms with Gasteiger partial charge in [0.15, 0.2) is 17.5 Å². The topological polar surface area (TPSA) is 61.7 Å². The third kappa shape index (κ3) is 5.62. The van der Waals surface area contributed by atoms with Gasteiger partial charge in [0.25, 0.3) is 0 Å². The maximum atomic E-state index is 6.47. The van der Waals surface area contributed by atoms with Gasteiger partial charge in [-0.15, -0.1) is 0 Å². The highest BCUT2D eigenvalue weighted by Gasteiger charge is 2.19. The second-order valence-electron chi connectivity index (χ2n) is 16.0. The lowest BCUT2D eigenvalue weighted by atomic mass is 10.0. The highest BCUT2D eigenvalue weighted by atomic mass is 16.3. The van der Waals surface area contributed by atoms with Crippen LogP contribution >= 0.6 is 0 Å². The zero-order chi connectivity index (χ0) is 41.4. The number of hydrogen-bond donors (Lipinski definition) is 0. The van der Waals surface area contributed by atoms with Crippen LogP contribution in [0.25, 0.3) is 122 Å². The minimum absolute atomic E-state index is 0.631. The molecule has 0 radical (unpaired) electrons. The summed E-state index contributed by atoms with van der Waals surface area (Å²) in [6, 6.07) is 74.5. The maximum Gasteiger partial charge on any atom is 0.164 e. The minimum atomic E-state index is 0.631. The van der Waals surface area contributed by atoms with E-state index in [9.17, 15) is 0 Å². The Kier molecular flexibility index (Phi) is 7.80. The van der Waals surface area contributed by atoms with Crippen LogP contribution in [0.5, 0.6) is 0 Å². The lowest BCUT2D eigenvalue weighted by Gasteiger charge is -2.12. The van der Waals surface area contributed by atoms with Gasteiger partial charge in [-0.2, -0.15) is 0 Å². The number of fused-ring (bicyclic) bond motifs is 9. The number of benzene rings is 9. The Hall–Kier alpha value is -8.61. The van der Waals surface area contributed by atoms with Crippen molar-refractivity contribution >= 4 is 65.6 Å². The Morgan fingerprint density at radius 2 is 0.762 bits per heavy atom. The fourth-order valence-corrected chi connectivity index (χ4v) is 9.47. The van der Waals surface area contributed by atoms with Gasteiger partial charge in [-0.1, -0.05) is 140 Å². The molecule has 9 aromatic carbocycles. The molecule has 0 saturated heterocycles. The minimum Gasteiger partial charge on any atom is -0.455 e. The molecule has 0 spiro atoms. The van der Waals surface area contributed by atoms with Gasteiger partial charge in [-0.25, -0.2) is 15.0 Å². The first-order chi connectivity index (χ1) is 31.2. The van der Waals surface area contributed by atoms with E-state index in [2.05, 4.69) is 149 Å². The van der Waals surface area contributed by atoms with Gasteiger partial charge in [0.1, 0.15) is 11.2 Å². The predicted octanol–water partition coefficient (Wildman–Crippen LogP) is 14.6. The van der Waals surface area contributed by atoms with Crippen molar-refractivity contribution in [2.45, 2.75) is 0 Å². The van der Waals surface area contributed by atoms with E-state index < -0.39 is 0 Å². The fourth-order valence-electron chi connectivity index (χ4n) is 9.47. The predicted molar refractivity (Wildman–Crippen MR) is 258 cm³/mol. The summed E-state index contributed by atoms with van der Waals surface area (Å²) in [7, 11) is 0. The molecule has 13 rings (SSSR count). The van der Waals surface area contributed by atoms with Crippen molar-refractivity contribution in [3.8, 4) is 56.7 Å². The smallest absolute Gasteiger partial charge is 0.164 e. The van der Waals surface area contributed by atoms with Crippen LogP contribution < -0.4 is 0 Å². The van der Waals surface area contributed by atoms with Crippen molar-refractivity contribution in [2.24, 2.45) is 0 Å². The van der Waals surface area contributed by atoms with Gasteiger partial charge >= 0.3 is 0 Å². The van der Waals surface area contributed by atoms with E-state index in [1.807, 2.05) is 72.8 Å². The largest absolute Gasteiger partial charge is 0.455 e. The highest BCUT2D eigenvalue weighted by Crippen LogP contribution is 2.41. The summed E-state index contributed by atoms with van der Waals surface area (Å²) in [6.07, 6.45) is 0. The number of aromatic nitrogens is 5. The second kappa shape index (κ2) is 14.0. The standard InChI is InChI=1S/C57H35N5O/c1-3-14-36(15-4-1)55-58-56(37-16-5-2-6-17-37)60-57(59-55)38-26-29-40(30-27-38)61-49-23-10-8-19-44(49)48-35-41(31-33-52(48)61)62-50-24-11-7-18-43(50)47-34-39(28-32-51(47)62)42-21-13-22-46-45-20-9-12-25-53(45)63-54(42)46/h1-35H. The van der Waals surface area contributed by atoms with Crippen molar-refractivity contribution in [2.75, 3.05) is 0 Å². The Morgan fingerprint density at radius 3 is 1.41 bits per heavy atom. The molecule has 13 aromatic rings. The lowest BCUT2D eigenvalue weighted by molar-refractivity contribution is 0.670. The normalized spacial score (nSPS) is 11.8. The summed E-state index contributed by atoms with van der Waals surface area (Å²) in [5, 5.41) is 7.05. The molecule has 0 bridgehead atoms. The zero-order valence-corrected chi connectivity index (χ0v) is 33.9. The molecular weight excluding hydrogens is 771 g/mol. The van der Waals surface area contributed by atoms with Crippen molar-refractivity contribution in [3.05, 3.63) is 212 Å². The van der Waals surface area contributed by atoms with Gasteiger partial charge in [0.05, 0.1) is 22.1 Å². The van der Waals surface area contributed by atoms with E-state index in [1.165, 1.54) is 21.5 Å². The summed E-state index contributed by atoms with van der Waals surface area (Å²) in [6.45, 7) is 0. The third-order valence-electron chi connectivity index (χ3n) is 12.4. The molecule has 4 aromatic heterocycles. The van der Waals surface area contributed by atoms with Crippen molar-refractivity contribution in [3.63, 3.8) is 0 Å². The highest BCUT2D eigenvalue weighted by molar-refractivity contribution is 6.14. The number of hydrogen-bond acceptors (Lipinski definition) is 4. The summed E-state index contributed by atoms with van der Waals surface area (Å²) in [5.74, 6) is 1.92. The van der Waals surface area contributed by atoms with Crippen LogP contribution in [0.1, 0.15) is 0 Å². The summed E-state index contributed by atoms with van der Waals surface area (Å²) in [4.78, 5) is 14.8. The fraction of sp³-hybridized carbons (Fsp3) is 0. The molecule has 0 aliphatic heterocycles. The number of nitrogens with zero attached hydrogens (tertiary/aromatic N) is 5. The van der Waals surface area contributed by atoms with Gasteiger partial charge in [-0.3, -0.25) is 0 Å². The monoisotopic (exact) mass is 805 g/mol. The summed E-state index contributed by atoms with van der Waals surface area (Å²) >= 11 is 0. The second-order valence-corrected chi connectivity index (χ2v) is 16.0. The summed E-state index contributed by atoms with van der Waals surface area (Å²) < 4.78 is 11.2. The molecular formula is C57H35N5O. The lowest BCUT2D eigenvalue weighted by Crippen LogP contribution is -2.00. The molecule has 0 amide bonds. The van der Waals surface area contributed by atoms with Crippen LogP contribution in [0.4, 0.5) is 0 Å². The van der Waals surface area contributed by atoms with Gasteiger partial charge < -0.3 is 13.6 Å². The van der Waals surface area contributed by atoms with Crippen LogP contribution in [0, 0.1) is 0 Å². The molecule has 0 atom stereocenters. The molecule has 6 heteroatoms. The van der Waals surface area contributed by atoms with Crippen LogP contribution in [-0.2, 0) is 0 Å². The van der Waals surface area contributed by atoms with Gasteiger partial charge in [0.2, 0.25) is 0 Å². The van der Waals surface area contributed by atoms with Crippen molar-refractivity contribution in [1.29, 1.82) is 0 Å². The SMILES string of the molecule is c1ccc(-c2nc(-c3ccccc3)nc(-c3ccc(-n4c5ccccc5c5cc(-n6c7ccccc7c7cc(-c8cccc9c8oc8ccccc89)ccc76)ccc54)cc3)n2)cc1. The molecule has 63 heavy (non-hydrogen) atoms. The molecule has 0 unspecified atom stereocenters. The average Bonchev–Trinajstić information content (AvgIpc) is 4.02. The molecule has 0 saturated carbocycles. The zero-order valence-electron chi connectivity index (χ0n) is 33.9. The Bertz CT molecular complexity index is 3840. The maximum absolute atomic E-state index is 6.47. The molecule has 0 aliphatic rings. The van der Waals surface area contributed by atoms with E-state index in [0.29, 0.717) is 17.5 Å². The first kappa shape index (κ1) is 35.2. The number of rotatable bonds is 6. The van der Waals surface area contributed by atoms with Gasteiger partial charge in [-0.05, 0) is 78.4 Å². The van der Waals surface area contributed by atoms with E-state index >= 15 is 0 Å². The average molecular weight is 806 g/mol. The van der Waals surface area contributed by atoms with Crippen LogP contribution in [-0.4, -0.2) is 24.1 Å². The number of para-hydroxylation sites is 4. The molecule has 0 aliphatic carbocycles. The first-order valence-electron chi connectivity index (χ1n) is 21.2. The van der Waals surface area contributed by atoms with E-state index in [0.717, 1.165) is 83.2 Å². The van der Waals surface area contributed by atoms with E-state index in [-0.39, 0.29) is 0 Å². The van der Waals surface area contributed by atoms with Gasteiger partial charge in [0, 0.05) is 65.9 Å². The first-order valence-corrected chi connectivity index (χ1v) is 21.2. The van der Waals surface area contributed by atoms with E-state index in [4.69, 9.17) is 19.4 Å². The molecule has 6 nitrogen and oxygen atoms in total. The van der Waals surface area contributed by atoms with Crippen molar-refractivity contribution in [1.82, 2.24) is 24.1 Å². The number of furan rings is 1. The van der Waals surface area contributed by atoms with Crippen molar-refractivity contribution < 1.29 is 4.42 Å². The van der Waals surface area contributed by atoms with Crippen LogP contribution in [0.2, 0.25) is 0 Å². The summed E-state index contributed by atoms with van der Waals surface area (Å²) in [5.41, 5.74) is 13.6. The third-order valence-corrected chi connectivity index (χ3v) is 12.4. The molecule has 0 fully saturated rings. The molecule has 294 valence electrons. The quantitative estimate of drug-likeness (QED) is 0.168. The Balaban J connectivity index is 0.925. The van der Waals surface area contributed by atoms with E-state index in [1.54, 1.807) is 0 Å². The molecule has 0 N–H and O–H groups in total. The van der Waals surface area contributed by atoms with Crippen LogP contribution in [0.15, 0.2) is 217 Å². The Morgan fingerprint density at radius 1 is 0.302 bits per heavy atom. The Labute approximate surface area is 361 Å². The van der Waals surface area contributed by atoms with Crippen LogP contribution in [0.3, 0.4) is 0 Å².